The van der Waals surface area contributed by atoms with E-state index >= 15 is 0 Å². The van der Waals surface area contributed by atoms with Gasteiger partial charge in [0.05, 0.1) is 12.0 Å². The van der Waals surface area contributed by atoms with Gasteiger partial charge < -0.3 is 10.1 Å². The Hall–Kier alpha value is -3.95. The van der Waals surface area contributed by atoms with Crippen molar-refractivity contribution in [2.45, 2.75) is 12.5 Å². The Morgan fingerprint density at radius 1 is 1.21 bits per heavy atom. The number of carbonyl (C=O) groups excluding carboxylic acids is 3. The summed E-state index contributed by atoms with van der Waals surface area (Å²) in [6.45, 7) is 1.51. The Kier molecular flexibility index (Phi) is 4.70. The van der Waals surface area contributed by atoms with Gasteiger partial charge in [0.25, 0.3) is 17.5 Å². The van der Waals surface area contributed by atoms with Crippen molar-refractivity contribution in [2.24, 2.45) is 0 Å². The number of benzene rings is 2. The molecule has 1 fully saturated rings. The summed E-state index contributed by atoms with van der Waals surface area (Å²) >= 11 is 0. The first-order chi connectivity index (χ1) is 13.3. The van der Waals surface area contributed by atoms with Crippen LogP contribution in [0, 0.1) is 10.1 Å². The van der Waals surface area contributed by atoms with Crippen molar-refractivity contribution in [3.8, 4) is 5.75 Å². The maximum Gasteiger partial charge on any atom is 0.344 e. The van der Waals surface area contributed by atoms with Gasteiger partial charge in [-0.3, -0.25) is 25.1 Å². The summed E-state index contributed by atoms with van der Waals surface area (Å²) in [7, 11) is 1.48. The summed E-state index contributed by atoms with van der Waals surface area (Å²) < 4.78 is 5.14. The molecule has 0 unspecified atom stereocenters. The van der Waals surface area contributed by atoms with Gasteiger partial charge in [-0.05, 0) is 36.8 Å². The molecule has 3 rings (SSSR count). The van der Waals surface area contributed by atoms with E-state index in [1.54, 1.807) is 24.3 Å². The summed E-state index contributed by atoms with van der Waals surface area (Å²) in [5.74, 6) is -0.927. The van der Waals surface area contributed by atoms with Crippen molar-refractivity contribution in [1.29, 1.82) is 0 Å². The van der Waals surface area contributed by atoms with Gasteiger partial charge in [0.1, 0.15) is 11.3 Å². The highest BCUT2D eigenvalue weighted by atomic mass is 16.6. The van der Waals surface area contributed by atoms with Crippen molar-refractivity contribution < 1.29 is 24.0 Å². The van der Waals surface area contributed by atoms with Crippen molar-refractivity contribution in [3.05, 3.63) is 69.8 Å². The van der Waals surface area contributed by atoms with Gasteiger partial charge in [-0.1, -0.05) is 12.1 Å². The Bertz CT molecular complexity index is 974. The third-order valence-corrected chi connectivity index (χ3v) is 4.39. The zero-order valence-corrected chi connectivity index (χ0v) is 15.0. The van der Waals surface area contributed by atoms with Gasteiger partial charge in [-0.15, -0.1) is 0 Å². The molecule has 0 radical (unpaired) electrons. The number of nitro benzene ring substituents is 1. The van der Waals surface area contributed by atoms with Crippen LogP contribution >= 0.6 is 0 Å². The first-order valence-electron chi connectivity index (χ1n) is 8.13. The summed E-state index contributed by atoms with van der Waals surface area (Å²) in [4.78, 5) is 47.6. The zero-order chi connectivity index (χ0) is 20.5. The van der Waals surface area contributed by atoms with Crippen molar-refractivity contribution in [3.63, 3.8) is 0 Å². The number of non-ortho nitro benzene ring substituents is 1. The zero-order valence-electron chi connectivity index (χ0n) is 15.0. The molecule has 1 atom stereocenters. The number of hydrogen-bond acceptors (Lipinski definition) is 6. The topological polar surface area (TPSA) is 131 Å². The fourth-order valence-electron chi connectivity index (χ4n) is 2.77. The number of hydrazine groups is 1. The van der Waals surface area contributed by atoms with E-state index in [-0.39, 0.29) is 11.3 Å². The average molecular weight is 384 g/mol. The molecule has 2 N–H and O–H groups in total. The standard InChI is InChI=1S/C18H16N4O6/c1-18(12-4-3-5-14(10-12)28-2)16(24)21(17(25)19-18)20-15(23)11-6-8-13(9-7-11)22(26)27/h3-10H,1-2H3,(H,19,25)(H,20,23)/t18-/m1/s1. The van der Waals surface area contributed by atoms with E-state index in [9.17, 15) is 24.5 Å². The molecule has 0 bridgehead atoms. The molecule has 0 aliphatic carbocycles. The van der Waals surface area contributed by atoms with Crippen LogP contribution in [0.2, 0.25) is 0 Å². The monoisotopic (exact) mass is 384 g/mol. The lowest BCUT2D eigenvalue weighted by atomic mass is 9.92. The molecule has 0 spiro atoms. The SMILES string of the molecule is COc1cccc([C@@]2(C)NC(=O)N(NC(=O)c3ccc([N+](=O)[O-])cc3)C2=O)c1. The number of nitro groups is 1. The minimum Gasteiger partial charge on any atom is -0.497 e. The quantitative estimate of drug-likeness (QED) is 0.458. The molecule has 1 aliphatic heterocycles. The number of carbonyl (C=O) groups is 3. The Morgan fingerprint density at radius 3 is 2.50 bits per heavy atom. The van der Waals surface area contributed by atoms with Crippen LogP contribution in [0.5, 0.6) is 5.75 Å². The highest BCUT2D eigenvalue weighted by Crippen LogP contribution is 2.30. The Labute approximate surface area is 159 Å². The number of amides is 4. The van der Waals surface area contributed by atoms with Crippen molar-refractivity contribution in [2.75, 3.05) is 7.11 Å². The van der Waals surface area contributed by atoms with Crippen molar-refractivity contribution >= 4 is 23.5 Å². The van der Waals surface area contributed by atoms with Gasteiger partial charge in [0.2, 0.25) is 0 Å². The van der Waals surface area contributed by atoms with E-state index < -0.39 is 28.3 Å². The highest BCUT2D eigenvalue weighted by molar-refractivity contribution is 6.09. The van der Waals surface area contributed by atoms with Gasteiger partial charge in [-0.25, -0.2) is 4.79 Å². The number of ether oxygens (including phenoxy) is 1. The lowest BCUT2D eigenvalue weighted by molar-refractivity contribution is -0.384. The molecule has 1 aliphatic rings. The number of imide groups is 1. The second-order valence-corrected chi connectivity index (χ2v) is 6.17. The first-order valence-corrected chi connectivity index (χ1v) is 8.13. The summed E-state index contributed by atoms with van der Waals surface area (Å²) in [5.41, 5.74) is 1.19. The fraction of sp³-hybridized carbons (Fsp3) is 0.167. The van der Waals surface area contributed by atoms with Gasteiger partial charge in [0, 0.05) is 17.7 Å². The van der Waals surface area contributed by atoms with Crippen LogP contribution in [0.25, 0.3) is 0 Å². The minimum absolute atomic E-state index is 0.0567. The van der Waals surface area contributed by atoms with E-state index in [0.717, 1.165) is 12.1 Å². The van der Waals surface area contributed by atoms with E-state index in [0.29, 0.717) is 16.3 Å². The molecule has 10 heteroatoms. The molecule has 4 amide bonds. The smallest absolute Gasteiger partial charge is 0.344 e. The molecular formula is C18H16N4O6. The maximum absolute atomic E-state index is 12.8. The van der Waals surface area contributed by atoms with Crippen LogP contribution in [0.3, 0.4) is 0 Å². The average Bonchev–Trinajstić information content (AvgIpc) is 2.92. The number of hydrogen-bond donors (Lipinski definition) is 2. The lowest BCUT2D eigenvalue weighted by Crippen LogP contribution is -2.47. The highest BCUT2D eigenvalue weighted by Gasteiger charge is 2.50. The number of methoxy groups -OCH3 is 1. The summed E-state index contributed by atoms with van der Waals surface area (Å²) in [5, 5.41) is 13.8. The van der Waals surface area contributed by atoms with E-state index in [1.165, 1.54) is 26.2 Å². The predicted octanol–water partition coefficient (Wildman–Crippen LogP) is 1.72. The molecule has 28 heavy (non-hydrogen) atoms. The van der Waals surface area contributed by atoms with Crippen LogP contribution in [-0.2, 0) is 10.3 Å². The molecule has 2 aromatic carbocycles. The van der Waals surface area contributed by atoms with Crippen LogP contribution < -0.4 is 15.5 Å². The summed E-state index contributed by atoms with van der Waals surface area (Å²) in [6.07, 6.45) is 0. The third kappa shape index (κ3) is 3.22. The molecule has 2 aromatic rings. The van der Waals surface area contributed by atoms with Crippen LogP contribution in [0.1, 0.15) is 22.8 Å². The van der Waals surface area contributed by atoms with Gasteiger partial charge >= 0.3 is 6.03 Å². The van der Waals surface area contributed by atoms with E-state index in [2.05, 4.69) is 10.7 Å². The molecule has 1 heterocycles. The number of rotatable bonds is 5. The maximum atomic E-state index is 12.8. The van der Waals surface area contributed by atoms with Crippen LogP contribution in [0.15, 0.2) is 48.5 Å². The van der Waals surface area contributed by atoms with E-state index in [1.807, 2.05) is 0 Å². The van der Waals surface area contributed by atoms with Gasteiger partial charge in [0.15, 0.2) is 0 Å². The Balaban J connectivity index is 1.81. The number of urea groups is 1. The second-order valence-electron chi connectivity index (χ2n) is 6.17. The minimum atomic E-state index is -1.39. The number of nitrogens with one attached hydrogen (secondary N) is 2. The fourth-order valence-corrected chi connectivity index (χ4v) is 2.77. The number of nitrogens with zero attached hydrogens (tertiary/aromatic N) is 2. The molecule has 144 valence electrons. The van der Waals surface area contributed by atoms with Gasteiger partial charge in [-0.2, -0.15) is 5.01 Å². The third-order valence-electron chi connectivity index (χ3n) is 4.39. The van der Waals surface area contributed by atoms with Crippen molar-refractivity contribution in [1.82, 2.24) is 15.8 Å². The lowest BCUT2D eigenvalue weighted by Gasteiger charge is -2.22. The predicted molar refractivity (Wildman–Crippen MR) is 96.3 cm³/mol. The second kappa shape index (κ2) is 6.99. The molecule has 10 nitrogen and oxygen atoms in total. The normalized spacial score (nSPS) is 18.6. The molecular weight excluding hydrogens is 368 g/mol. The molecule has 0 aromatic heterocycles. The molecule has 0 saturated carbocycles. The first kappa shape index (κ1) is 18.8. The van der Waals surface area contributed by atoms with Crippen LogP contribution in [-0.4, -0.2) is 34.9 Å². The Morgan fingerprint density at radius 2 is 1.89 bits per heavy atom. The van der Waals surface area contributed by atoms with Crippen LogP contribution in [0.4, 0.5) is 10.5 Å². The van der Waals surface area contributed by atoms with E-state index in [4.69, 9.17) is 4.74 Å². The molecule has 1 saturated heterocycles. The summed E-state index contributed by atoms with van der Waals surface area (Å²) in [6, 6.07) is 10.6. The largest absolute Gasteiger partial charge is 0.497 e.